The lowest BCUT2D eigenvalue weighted by Crippen LogP contribution is -2.46. The van der Waals surface area contributed by atoms with Crippen molar-refractivity contribution in [3.05, 3.63) is 41.9 Å². The smallest absolute Gasteiger partial charge is 0.374 e. The predicted molar refractivity (Wildman–Crippen MR) is 77.4 cm³/mol. The fourth-order valence-corrected chi connectivity index (χ4v) is 2.90. The molecule has 0 aliphatic heterocycles. The molecule has 1 unspecified atom stereocenters. The second-order valence-electron chi connectivity index (χ2n) is 4.61. The molecule has 0 radical (unpaired) electrons. The highest BCUT2D eigenvalue weighted by Gasteiger charge is 2.58. The maximum atomic E-state index is 13.3. The Morgan fingerprint density at radius 1 is 1.41 bits per heavy atom. The summed E-state index contributed by atoms with van der Waals surface area (Å²) in [5, 5.41) is 11.8. The van der Waals surface area contributed by atoms with Gasteiger partial charge in [0.05, 0.1) is 16.6 Å². The Hall–Kier alpha value is -1.93. The Morgan fingerprint density at radius 3 is 2.68 bits per heavy atom. The Bertz CT molecular complexity index is 666. The van der Waals surface area contributed by atoms with Gasteiger partial charge in [0, 0.05) is 6.54 Å². The van der Waals surface area contributed by atoms with Gasteiger partial charge in [0.2, 0.25) is 11.5 Å². The number of rotatable bonds is 5. The van der Waals surface area contributed by atoms with Gasteiger partial charge < -0.3 is 10.4 Å². The van der Waals surface area contributed by atoms with Gasteiger partial charge in [0.1, 0.15) is 5.01 Å². The quantitative estimate of drug-likeness (QED) is 0.829. The minimum atomic E-state index is -5.02. The van der Waals surface area contributed by atoms with Crippen LogP contribution in [0.1, 0.15) is 11.4 Å². The van der Waals surface area contributed by atoms with E-state index in [1.54, 1.807) is 24.3 Å². The van der Waals surface area contributed by atoms with Crippen molar-refractivity contribution in [3.8, 4) is 0 Å². The number of carbonyl (C=O) groups excluding carboxylic acids is 1. The molecular formula is C14H13F3N2O2S. The average Bonchev–Trinajstić information content (AvgIpc) is 2.88. The number of fused-ring (bicyclic) bond motifs is 1. The summed E-state index contributed by atoms with van der Waals surface area (Å²) in [5.74, 6) is -0.931. The summed E-state index contributed by atoms with van der Waals surface area (Å²) in [6, 6.07) is 6.44. The Kier molecular flexibility index (Phi) is 4.52. The highest BCUT2D eigenvalue weighted by atomic mass is 32.1. The lowest BCUT2D eigenvalue weighted by Gasteiger charge is -2.27. The normalized spacial score (nSPS) is 14.5. The van der Waals surface area contributed by atoms with Crippen LogP contribution < -0.4 is 5.32 Å². The fraction of sp³-hybridized carbons (Fsp3) is 0.286. The number of aromatic nitrogens is 1. The number of thiazole rings is 1. The summed E-state index contributed by atoms with van der Waals surface area (Å²) in [6.45, 7) is 3.38. The van der Waals surface area contributed by atoms with Crippen LogP contribution in [0.2, 0.25) is 0 Å². The van der Waals surface area contributed by atoms with Crippen LogP contribution in [0.15, 0.2) is 36.9 Å². The molecule has 0 aliphatic carbocycles. The molecule has 1 aromatic carbocycles. The standard InChI is InChI=1S/C14H13F3N2O2S/c1-2-7-18-11(20)8-13(21,14(15,16)17)12-19-9-5-3-4-6-10(9)22-12/h2-6,21H,1,7-8H2,(H,18,20). The lowest BCUT2D eigenvalue weighted by molar-refractivity contribution is -0.267. The van der Waals surface area contributed by atoms with Crippen LogP contribution in [0.25, 0.3) is 10.2 Å². The fourth-order valence-electron chi connectivity index (χ4n) is 1.83. The van der Waals surface area contributed by atoms with Gasteiger partial charge in [0.25, 0.3) is 0 Å². The molecule has 0 saturated heterocycles. The predicted octanol–water partition coefficient (Wildman–Crippen LogP) is 2.74. The zero-order valence-corrected chi connectivity index (χ0v) is 12.2. The summed E-state index contributed by atoms with van der Waals surface area (Å²) in [4.78, 5) is 15.4. The highest BCUT2D eigenvalue weighted by molar-refractivity contribution is 7.18. The molecule has 1 heterocycles. The number of aliphatic hydroxyl groups is 1. The molecule has 4 nitrogen and oxygen atoms in total. The van der Waals surface area contributed by atoms with Crippen molar-refractivity contribution in [2.75, 3.05) is 6.54 Å². The van der Waals surface area contributed by atoms with E-state index in [4.69, 9.17) is 0 Å². The van der Waals surface area contributed by atoms with E-state index in [1.807, 2.05) is 0 Å². The van der Waals surface area contributed by atoms with Gasteiger partial charge in [-0.2, -0.15) is 13.2 Å². The number of halogens is 3. The molecule has 0 fully saturated rings. The van der Waals surface area contributed by atoms with Crippen LogP contribution in [0.4, 0.5) is 13.2 Å². The van der Waals surface area contributed by atoms with E-state index in [2.05, 4.69) is 16.9 Å². The van der Waals surface area contributed by atoms with Crippen molar-refractivity contribution in [2.24, 2.45) is 0 Å². The maximum Gasteiger partial charge on any atom is 0.424 e. The molecule has 1 atom stereocenters. The summed E-state index contributed by atoms with van der Waals surface area (Å²) in [5.41, 5.74) is -2.97. The van der Waals surface area contributed by atoms with Crippen molar-refractivity contribution in [2.45, 2.75) is 18.2 Å². The van der Waals surface area contributed by atoms with Gasteiger partial charge in [-0.15, -0.1) is 17.9 Å². The van der Waals surface area contributed by atoms with Crippen LogP contribution in [-0.4, -0.2) is 28.7 Å². The van der Waals surface area contributed by atoms with Gasteiger partial charge in [-0.05, 0) is 12.1 Å². The monoisotopic (exact) mass is 330 g/mol. The third-order valence-electron chi connectivity index (χ3n) is 2.98. The molecule has 2 aromatic rings. The van der Waals surface area contributed by atoms with Crippen molar-refractivity contribution < 1.29 is 23.1 Å². The number of para-hydroxylation sites is 1. The summed E-state index contributed by atoms with van der Waals surface area (Å²) in [6.07, 6.45) is -4.83. The summed E-state index contributed by atoms with van der Waals surface area (Å²) in [7, 11) is 0. The minimum Gasteiger partial charge on any atom is -0.374 e. The largest absolute Gasteiger partial charge is 0.424 e. The molecule has 0 bridgehead atoms. The van der Waals surface area contributed by atoms with E-state index >= 15 is 0 Å². The molecule has 2 rings (SSSR count). The molecule has 2 N–H and O–H groups in total. The van der Waals surface area contributed by atoms with Gasteiger partial charge in [-0.25, -0.2) is 4.98 Å². The maximum absolute atomic E-state index is 13.3. The number of carbonyl (C=O) groups is 1. The number of alkyl halides is 3. The van der Waals surface area contributed by atoms with Crippen LogP contribution in [0.5, 0.6) is 0 Å². The molecule has 0 saturated carbocycles. The Morgan fingerprint density at radius 2 is 2.09 bits per heavy atom. The van der Waals surface area contributed by atoms with Crippen LogP contribution in [0.3, 0.4) is 0 Å². The first-order valence-electron chi connectivity index (χ1n) is 6.30. The number of benzene rings is 1. The first-order chi connectivity index (χ1) is 10.3. The minimum absolute atomic E-state index is 0.0205. The molecule has 1 aromatic heterocycles. The third kappa shape index (κ3) is 3.12. The van der Waals surface area contributed by atoms with E-state index in [-0.39, 0.29) is 6.54 Å². The molecule has 118 valence electrons. The second-order valence-corrected chi connectivity index (χ2v) is 5.64. The van der Waals surface area contributed by atoms with Crippen molar-refractivity contribution in [1.82, 2.24) is 10.3 Å². The van der Waals surface area contributed by atoms with Crippen molar-refractivity contribution in [3.63, 3.8) is 0 Å². The van der Waals surface area contributed by atoms with Gasteiger partial charge >= 0.3 is 6.18 Å². The Labute approximate surface area is 128 Å². The zero-order chi connectivity index (χ0) is 16.4. The molecule has 0 spiro atoms. The van der Waals surface area contributed by atoms with Crippen LogP contribution in [0, 0.1) is 0 Å². The topological polar surface area (TPSA) is 62.2 Å². The van der Waals surface area contributed by atoms with E-state index in [0.29, 0.717) is 21.6 Å². The first kappa shape index (κ1) is 16.4. The van der Waals surface area contributed by atoms with E-state index in [9.17, 15) is 23.1 Å². The van der Waals surface area contributed by atoms with Crippen LogP contribution >= 0.6 is 11.3 Å². The number of amides is 1. The Balaban J connectivity index is 2.40. The number of hydrogen-bond donors (Lipinski definition) is 2. The number of nitrogens with zero attached hydrogens (tertiary/aromatic N) is 1. The zero-order valence-electron chi connectivity index (χ0n) is 11.4. The summed E-state index contributed by atoms with van der Waals surface area (Å²) >= 11 is 0.716. The third-order valence-corrected chi connectivity index (χ3v) is 4.16. The van der Waals surface area contributed by atoms with Gasteiger partial charge in [-0.1, -0.05) is 18.2 Å². The highest BCUT2D eigenvalue weighted by Crippen LogP contribution is 2.44. The average molecular weight is 330 g/mol. The van der Waals surface area contributed by atoms with E-state index < -0.39 is 29.1 Å². The molecule has 22 heavy (non-hydrogen) atoms. The lowest BCUT2D eigenvalue weighted by atomic mass is 9.99. The van der Waals surface area contributed by atoms with E-state index in [1.165, 1.54) is 6.08 Å². The van der Waals surface area contributed by atoms with Gasteiger partial charge in [0.15, 0.2) is 0 Å². The van der Waals surface area contributed by atoms with Crippen molar-refractivity contribution in [1.29, 1.82) is 0 Å². The van der Waals surface area contributed by atoms with Crippen LogP contribution in [-0.2, 0) is 10.4 Å². The molecule has 1 amide bonds. The second kappa shape index (κ2) is 6.05. The molecule has 0 aliphatic rings. The molecule has 8 heteroatoms. The molecular weight excluding hydrogens is 317 g/mol. The number of hydrogen-bond acceptors (Lipinski definition) is 4. The summed E-state index contributed by atoms with van der Waals surface area (Å²) < 4.78 is 40.5. The van der Waals surface area contributed by atoms with E-state index in [0.717, 1.165) is 0 Å². The SMILES string of the molecule is C=CCNC(=O)CC(O)(c1nc2ccccc2s1)C(F)(F)F. The van der Waals surface area contributed by atoms with Gasteiger partial charge in [-0.3, -0.25) is 4.79 Å². The first-order valence-corrected chi connectivity index (χ1v) is 7.12. The number of nitrogens with one attached hydrogen (secondary N) is 1. The van der Waals surface area contributed by atoms with Crippen molar-refractivity contribution >= 4 is 27.5 Å².